The fourth-order valence-electron chi connectivity index (χ4n) is 3.01. The summed E-state index contributed by atoms with van der Waals surface area (Å²) in [6.45, 7) is 0.554. The van der Waals surface area contributed by atoms with Crippen LogP contribution in [0, 0.1) is 0 Å². The maximum atomic E-state index is 11.5. The van der Waals surface area contributed by atoms with E-state index in [1.54, 1.807) is 12.1 Å². The molecule has 0 aromatic heterocycles. The fourth-order valence-corrected chi connectivity index (χ4v) is 3.64. The average molecular weight is 469 g/mol. The number of aryl methyl sites for hydroxylation is 1. The molecule has 0 atom stereocenters. The fraction of sp³-hybridized carbons (Fsp3) is 0.200. The van der Waals surface area contributed by atoms with E-state index < -0.39 is 15.8 Å². The quantitative estimate of drug-likeness (QED) is 0.417. The van der Waals surface area contributed by atoms with Crippen LogP contribution in [0.2, 0.25) is 0 Å². The standard InChI is InChI=1S/C25H25NO6S/c1-33(29,30)23-13-7-20(8-14-23)24(26)17-32-22-11-4-19(5-12-22)16-31-21-9-2-18(3-10-21)6-15-25(27)28/h2-5,7-14,26H,6,15-17H2,1H3,(H,27,28)/p+1. The first-order valence-corrected chi connectivity index (χ1v) is 12.2. The minimum absolute atomic E-state index is 0.105. The second-order valence-electron chi connectivity index (χ2n) is 7.58. The van der Waals surface area contributed by atoms with Gasteiger partial charge in [-0.25, -0.2) is 8.42 Å². The van der Waals surface area contributed by atoms with Crippen molar-refractivity contribution in [2.75, 3.05) is 12.9 Å². The van der Waals surface area contributed by atoms with Gasteiger partial charge < -0.3 is 14.6 Å². The SMILES string of the molecule is CS(=O)(=O)c1ccc(C(=[NH2+])COc2ccc(COc3ccc(CCC(=O)O)cc3)cc2)cc1. The van der Waals surface area contributed by atoms with Gasteiger partial charge in [-0.05, 0) is 66.1 Å². The molecule has 0 aliphatic rings. The van der Waals surface area contributed by atoms with Crippen LogP contribution in [-0.2, 0) is 27.7 Å². The zero-order valence-electron chi connectivity index (χ0n) is 18.2. The Hall–Kier alpha value is -3.65. The molecule has 0 radical (unpaired) electrons. The van der Waals surface area contributed by atoms with Crippen molar-refractivity contribution in [3.05, 3.63) is 89.5 Å². The Kier molecular flexibility index (Phi) is 7.84. The number of hydrogen-bond donors (Lipinski definition) is 2. The lowest BCUT2D eigenvalue weighted by Gasteiger charge is -2.09. The summed E-state index contributed by atoms with van der Waals surface area (Å²) in [5.74, 6) is 0.544. The molecule has 0 bridgehead atoms. The number of sulfone groups is 1. The second kappa shape index (κ2) is 10.8. The van der Waals surface area contributed by atoms with Crippen LogP contribution in [-0.4, -0.2) is 38.1 Å². The summed E-state index contributed by atoms with van der Waals surface area (Å²) in [5.41, 5.74) is 3.12. The van der Waals surface area contributed by atoms with Gasteiger partial charge in [0.2, 0.25) is 5.71 Å². The number of carboxylic acid groups (broad SMARTS) is 1. The molecule has 8 heteroatoms. The topological polar surface area (TPSA) is 115 Å². The number of rotatable bonds is 11. The Morgan fingerprint density at radius 3 is 1.94 bits per heavy atom. The predicted molar refractivity (Wildman–Crippen MR) is 124 cm³/mol. The number of aliphatic carboxylic acids is 1. The van der Waals surface area contributed by atoms with Gasteiger partial charge in [-0.1, -0.05) is 24.3 Å². The molecule has 3 N–H and O–H groups in total. The third-order valence-electron chi connectivity index (χ3n) is 4.93. The van der Waals surface area contributed by atoms with E-state index in [9.17, 15) is 13.2 Å². The van der Waals surface area contributed by atoms with Crippen LogP contribution in [0.25, 0.3) is 0 Å². The third kappa shape index (κ3) is 7.47. The van der Waals surface area contributed by atoms with E-state index in [1.807, 2.05) is 48.5 Å². The summed E-state index contributed by atoms with van der Waals surface area (Å²) in [4.78, 5) is 10.9. The monoisotopic (exact) mass is 468 g/mol. The summed E-state index contributed by atoms with van der Waals surface area (Å²) < 4.78 is 34.6. The smallest absolute Gasteiger partial charge is 0.303 e. The van der Waals surface area contributed by atoms with Gasteiger partial charge in [0.15, 0.2) is 16.4 Å². The van der Waals surface area contributed by atoms with Crippen molar-refractivity contribution in [2.45, 2.75) is 24.3 Å². The van der Waals surface area contributed by atoms with Crippen LogP contribution in [0.15, 0.2) is 77.7 Å². The van der Waals surface area contributed by atoms with Crippen LogP contribution in [0.1, 0.15) is 23.1 Å². The molecule has 0 saturated heterocycles. The molecule has 0 amide bonds. The summed E-state index contributed by atoms with van der Waals surface area (Å²) in [6.07, 6.45) is 1.76. The van der Waals surface area contributed by atoms with Gasteiger partial charge in [0.1, 0.15) is 18.1 Å². The Bertz CT molecular complexity index is 1200. The highest BCUT2D eigenvalue weighted by Crippen LogP contribution is 2.18. The lowest BCUT2D eigenvalue weighted by molar-refractivity contribution is -0.137. The molecule has 0 aliphatic carbocycles. The van der Waals surface area contributed by atoms with E-state index in [0.29, 0.717) is 35.8 Å². The molecule has 3 aromatic carbocycles. The van der Waals surface area contributed by atoms with Crippen molar-refractivity contribution in [1.82, 2.24) is 0 Å². The maximum Gasteiger partial charge on any atom is 0.303 e. The summed E-state index contributed by atoms with van der Waals surface area (Å²) in [7, 11) is -3.25. The zero-order chi connectivity index (χ0) is 23.8. The first kappa shape index (κ1) is 24.0. The van der Waals surface area contributed by atoms with Crippen molar-refractivity contribution >= 4 is 21.5 Å². The molecule has 172 valence electrons. The average Bonchev–Trinajstić information content (AvgIpc) is 2.80. The highest BCUT2D eigenvalue weighted by molar-refractivity contribution is 7.90. The number of ether oxygens (including phenoxy) is 2. The van der Waals surface area contributed by atoms with E-state index >= 15 is 0 Å². The summed E-state index contributed by atoms with van der Waals surface area (Å²) in [5, 5.41) is 14.8. The lowest BCUT2D eigenvalue weighted by Crippen LogP contribution is -2.43. The van der Waals surface area contributed by atoms with Gasteiger partial charge in [0.25, 0.3) is 0 Å². The molecule has 0 aliphatic heterocycles. The Labute approximate surface area is 193 Å². The first-order chi connectivity index (χ1) is 15.7. The first-order valence-electron chi connectivity index (χ1n) is 10.3. The molecule has 0 unspecified atom stereocenters. The van der Waals surface area contributed by atoms with Crippen molar-refractivity contribution in [1.29, 1.82) is 0 Å². The van der Waals surface area contributed by atoms with Gasteiger partial charge in [0.05, 0.1) is 4.90 Å². The molecule has 0 saturated carbocycles. The predicted octanol–water partition coefficient (Wildman–Crippen LogP) is 2.31. The van der Waals surface area contributed by atoms with E-state index in [1.165, 1.54) is 12.1 Å². The normalized spacial score (nSPS) is 11.1. The van der Waals surface area contributed by atoms with Crippen LogP contribution in [0.4, 0.5) is 0 Å². The van der Waals surface area contributed by atoms with E-state index in [2.05, 4.69) is 0 Å². The van der Waals surface area contributed by atoms with E-state index in [4.69, 9.17) is 20.0 Å². The number of hydrogen-bond acceptors (Lipinski definition) is 5. The minimum Gasteiger partial charge on any atom is -0.489 e. The maximum absolute atomic E-state index is 11.5. The Morgan fingerprint density at radius 1 is 0.848 bits per heavy atom. The lowest BCUT2D eigenvalue weighted by atomic mass is 10.1. The van der Waals surface area contributed by atoms with Crippen molar-refractivity contribution in [3.8, 4) is 11.5 Å². The van der Waals surface area contributed by atoms with Crippen molar-refractivity contribution in [3.63, 3.8) is 0 Å². The molecule has 0 heterocycles. The van der Waals surface area contributed by atoms with Gasteiger partial charge in [0, 0.05) is 18.2 Å². The zero-order valence-corrected chi connectivity index (χ0v) is 19.0. The van der Waals surface area contributed by atoms with Crippen LogP contribution in [0.5, 0.6) is 11.5 Å². The molecule has 0 fully saturated rings. The summed E-state index contributed by atoms with van der Waals surface area (Å²) in [6, 6.07) is 21.2. The highest BCUT2D eigenvalue weighted by Gasteiger charge is 2.11. The second-order valence-corrected chi connectivity index (χ2v) is 9.60. The van der Waals surface area contributed by atoms with Crippen LogP contribution >= 0.6 is 0 Å². The van der Waals surface area contributed by atoms with Gasteiger partial charge in [-0.2, -0.15) is 0 Å². The Balaban J connectivity index is 1.47. The van der Waals surface area contributed by atoms with Gasteiger partial charge in [-0.15, -0.1) is 0 Å². The van der Waals surface area contributed by atoms with Gasteiger partial charge in [-0.3, -0.25) is 10.2 Å². The molecular weight excluding hydrogens is 442 g/mol. The largest absolute Gasteiger partial charge is 0.489 e. The molecule has 7 nitrogen and oxygen atoms in total. The number of benzene rings is 3. The molecule has 33 heavy (non-hydrogen) atoms. The molecule has 0 spiro atoms. The van der Waals surface area contributed by atoms with Crippen LogP contribution < -0.4 is 14.9 Å². The van der Waals surface area contributed by atoms with Gasteiger partial charge >= 0.3 is 5.97 Å². The Morgan fingerprint density at radius 2 is 1.39 bits per heavy atom. The van der Waals surface area contributed by atoms with Crippen molar-refractivity contribution in [2.24, 2.45) is 0 Å². The number of carbonyl (C=O) groups is 1. The summed E-state index contributed by atoms with van der Waals surface area (Å²) >= 11 is 0. The van der Waals surface area contributed by atoms with E-state index in [-0.39, 0.29) is 17.9 Å². The molecular formula is C25H26NO6S+. The third-order valence-corrected chi connectivity index (χ3v) is 6.06. The van der Waals surface area contributed by atoms with Crippen molar-refractivity contribution < 1.29 is 33.2 Å². The highest BCUT2D eigenvalue weighted by atomic mass is 32.2. The molecule has 3 aromatic rings. The molecule has 3 rings (SSSR count). The van der Waals surface area contributed by atoms with E-state index in [0.717, 1.165) is 17.4 Å². The number of nitrogens with two attached hydrogens (primary N) is 1. The number of carboxylic acids is 1. The van der Waals surface area contributed by atoms with Crippen LogP contribution in [0.3, 0.4) is 0 Å². The minimum atomic E-state index is -3.25.